The van der Waals surface area contributed by atoms with Crippen molar-refractivity contribution in [3.05, 3.63) is 46.5 Å². The Bertz CT molecular complexity index is 679. The van der Waals surface area contributed by atoms with Crippen molar-refractivity contribution in [2.24, 2.45) is 0 Å². The number of carbonyl (C=O) groups excluding carboxylic acids is 1. The first-order chi connectivity index (χ1) is 10.5. The van der Waals surface area contributed by atoms with E-state index in [1.165, 1.54) is 6.20 Å². The lowest BCUT2D eigenvalue weighted by atomic mass is 10.1. The summed E-state index contributed by atoms with van der Waals surface area (Å²) in [7, 11) is 0. The molecule has 2 heterocycles. The molecule has 2 aromatic heterocycles. The highest BCUT2D eigenvalue weighted by atomic mass is 16.3. The van der Waals surface area contributed by atoms with Crippen molar-refractivity contribution in [3.8, 4) is 5.75 Å². The molecule has 0 spiro atoms. The van der Waals surface area contributed by atoms with Crippen LogP contribution in [-0.2, 0) is 13.2 Å². The van der Waals surface area contributed by atoms with Gasteiger partial charge in [0.1, 0.15) is 5.75 Å². The molecule has 6 nitrogen and oxygen atoms in total. The third kappa shape index (κ3) is 2.96. The van der Waals surface area contributed by atoms with Gasteiger partial charge in [0.25, 0.3) is 5.91 Å². The van der Waals surface area contributed by atoms with Crippen LogP contribution in [0.1, 0.15) is 39.7 Å². The van der Waals surface area contributed by atoms with Gasteiger partial charge in [-0.2, -0.15) is 0 Å². The number of carbonyl (C=O) groups is 1. The summed E-state index contributed by atoms with van der Waals surface area (Å²) in [5, 5.41) is 19.6. The third-order valence-electron chi connectivity index (χ3n) is 3.80. The smallest absolute Gasteiger partial charge is 0.255 e. The third-order valence-corrected chi connectivity index (χ3v) is 3.80. The SMILES string of the molecule is CCN(Cc1c(CO)cnc(C)c1O)C(=O)c1c[nH]cc1C. The lowest BCUT2D eigenvalue weighted by Crippen LogP contribution is -2.31. The van der Waals surface area contributed by atoms with Gasteiger partial charge in [0, 0.05) is 36.3 Å². The summed E-state index contributed by atoms with van der Waals surface area (Å²) >= 11 is 0. The number of nitrogens with one attached hydrogen (secondary N) is 1. The van der Waals surface area contributed by atoms with Crippen LogP contribution in [0.25, 0.3) is 0 Å². The summed E-state index contributed by atoms with van der Waals surface area (Å²) in [6, 6.07) is 0. The Kier molecular flexibility index (Phi) is 4.82. The van der Waals surface area contributed by atoms with Crippen LogP contribution in [0.3, 0.4) is 0 Å². The van der Waals surface area contributed by atoms with E-state index in [4.69, 9.17) is 0 Å². The molecule has 0 aromatic carbocycles. The lowest BCUT2D eigenvalue weighted by molar-refractivity contribution is 0.0750. The molecule has 0 saturated heterocycles. The highest BCUT2D eigenvalue weighted by Gasteiger charge is 2.20. The number of aromatic nitrogens is 2. The minimum atomic E-state index is -0.231. The molecule has 0 aliphatic carbocycles. The number of aromatic amines is 1. The highest BCUT2D eigenvalue weighted by Crippen LogP contribution is 2.26. The maximum Gasteiger partial charge on any atom is 0.255 e. The molecule has 0 radical (unpaired) electrons. The number of nitrogens with zero attached hydrogens (tertiary/aromatic N) is 2. The van der Waals surface area contributed by atoms with E-state index in [0.29, 0.717) is 28.9 Å². The number of rotatable bonds is 5. The molecule has 0 atom stereocenters. The molecule has 6 heteroatoms. The van der Waals surface area contributed by atoms with Crippen molar-refractivity contribution in [2.45, 2.75) is 33.9 Å². The summed E-state index contributed by atoms with van der Waals surface area (Å²) < 4.78 is 0. The van der Waals surface area contributed by atoms with Crippen molar-refractivity contribution in [2.75, 3.05) is 6.54 Å². The minimum Gasteiger partial charge on any atom is -0.506 e. The van der Waals surface area contributed by atoms with Gasteiger partial charge in [-0.3, -0.25) is 9.78 Å². The van der Waals surface area contributed by atoms with Gasteiger partial charge in [-0.15, -0.1) is 0 Å². The van der Waals surface area contributed by atoms with Crippen molar-refractivity contribution in [3.63, 3.8) is 0 Å². The second-order valence-corrected chi connectivity index (χ2v) is 5.23. The Labute approximate surface area is 129 Å². The molecule has 0 unspecified atom stereocenters. The molecule has 0 aliphatic heterocycles. The van der Waals surface area contributed by atoms with Gasteiger partial charge in [-0.05, 0) is 26.3 Å². The maximum atomic E-state index is 12.6. The molecule has 0 bridgehead atoms. The minimum absolute atomic E-state index is 0.0311. The standard InChI is InChI=1S/C16H21N3O3/c1-4-19(16(22)13-7-17-5-10(13)2)8-14-12(9-20)6-18-11(3)15(14)21/h5-7,17,20-21H,4,8-9H2,1-3H3. The molecule has 0 fully saturated rings. The zero-order valence-electron chi connectivity index (χ0n) is 13.1. The highest BCUT2D eigenvalue weighted by molar-refractivity contribution is 5.95. The van der Waals surface area contributed by atoms with E-state index in [2.05, 4.69) is 9.97 Å². The number of aliphatic hydroxyl groups is 1. The van der Waals surface area contributed by atoms with Crippen molar-refractivity contribution >= 4 is 5.91 Å². The largest absolute Gasteiger partial charge is 0.506 e. The average molecular weight is 303 g/mol. The normalized spacial score (nSPS) is 10.7. The zero-order chi connectivity index (χ0) is 16.3. The van der Waals surface area contributed by atoms with Gasteiger partial charge < -0.3 is 20.1 Å². The average Bonchev–Trinajstić information content (AvgIpc) is 2.94. The monoisotopic (exact) mass is 303 g/mol. The topological polar surface area (TPSA) is 89.4 Å². The molecule has 0 saturated carbocycles. The van der Waals surface area contributed by atoms with E-state index >= 15 is 0 Å². The number of amides is 1. The van der Waals surface area contributed by atoms with Crippen LogP contribution < -0.4 is 0 Å². The fourth-order valence-corrected chi connectivity index (χ4v) is 2.36. The van der Waals surface area contributed by atoms with E-state index in [9.17, 15) is 15.0 Å². The van der Waals surface area contributed by atoms with Gasteiger partial charge in [0.05, 0.1) is 24.4 Å². The number of hydrogen-bond acceptors (Lipinski definition) is 4. The first kappa shape index (κ1) is 16.0. The van der Waals surface area contributed by atoms with Gasteiger partial charge in [0.2, 0.25) is 0 Å². The van der Waals surface area contributed by atoms with Gasteiger partial charge in [0.15, 0.2) is 0 Å². The Morgan fingerprint density at radius 2 is 2.09 bits per heavy atom. The predicted molar refractivity (Wildman–Crippen MR) is 82.5 cm³/mol. The van der Waals surface area contributed by atoms with E-state index in [1.54, 1.807) is 24.2 Å². The number of aryl methyl sites for hydroxylation is 2. The number of aromatic hydroxyl groups is 1. The van der Waals surface area contributed by atoms with Crippen LogP contribution in [0.5, 0.6) is 5.75 Å². The molecule has 2 rings (SSSR count). The van der Waals surface area contributed by atoms with Crippen molar-refractivity contribution in [1.29, 1.82) is 0 Å². The first-order valence-electron chi connectivity index (χ1n) is 7.19. The van der Waals surface area contributed by atoms with Crippen molar-refractivity contribution in [1.82, 2.24) is 14.9 Å². The fraction of sp³-hybridized carbons (Fsp3) is 0.375. The number of aliphatic hydroxyl groups excluding tert-OH is 1. The number of pyridine rings is 1. The van der Waals surface area contributed by atoms with Crippen LogP contribution in [0, 0.1) is 13.8 Å². The molecule has 1 amide bonds. The van der Waals surface area contributed by atoms with E-state index in [-0.39, 0.29) is 24.8 Å². The van der Waals surface area contributed by atoms with E-state index in [0.717, 1.165) is 5.56 Å². The van der Waals surface area contributed by atoms with Crippen LogP contribution in [0.15, 0.2) is 18.6 Å². The number of hydrogen-bond donors (Lipinski definition) is 3. The van der Waals surface area contributed by atoms with Crippen LogP contribution >= 0.6 is 0 Å². The molecular formula is C16H21N3O3. The molecule has 22 heavy (non-hydrogen) atoms. The lowest BCUT2D eigenvalue weighted by Gasteiger charge is -2.23. The Morgan fingerprint density at radius 1 is 1.36 bits per heavy atom. The van der Waals surface area contributed by atoms with Gasteiger partial charge in [-0.25, -0.2) is 0 Å². The first-order valence-corrected chi connectivity index (χ1v) is 7.19. The summed E-state index contributed by atoms with van der Waals surface area (Å²) in [4.78, 5) is 21.2. The summed E-state index contributed by atoms with van der Waals surface area (Å²) in [6.45, 7) is 5.92. The molecule has 3 N–H and O–H groups in total. The second kappa shape index (κ2) is 6.62. The molecule has 0 aliphatic rings. The Hall–Kier alpha value is -2.34. The summed E-state index contributed by atoms with van der Waals surface area (Å²) in [5.74, 6) is -0.0809. The predicted octanol–water partition coefficient (Wildman–Crippen LogP) is 1.89. The second-order valence-electron chi connectivity index (χ2n) is 5.23. The fourth-order valence-electron chi connectivity index (χ4n) is 2.36. The maximum absolute atomic E-state index is 12.6. The van der Waals surface area contributed by atoms with Crippen molar-refractivity contribution < 1.29 is 15.0 Å². The Balaban J connectivity index is 2.33. The van der Waals surface area contributed by atoms with Crippen LogP contribution in [0.4, 0.5) is 0 Å². The number of H-pyrrole nitrogens is 1. The van der Waals surface area contributed by atoms with Crippen LogP contribution in [-0.4, -0.2) is 37.5 Å². The zero-order valence-corrected chi connectivity index (χ0v) is 13.1. The molecule has 2 aromatic rings. The quantitative estimate of drug-likeness (QED) is 0.787. The molecule has 118 valence electrons. The van der Waals surface area contributed by atoms with E-state index in [1.807, 2.05) is 13.8 Å². The summed E-state index contributed by atoms with van der Waals surface area (Å²) in [6.07, 6.45) is 4.98. The van der Waals surface area contributed by atoms with Crippen LogP contribution in [0.2, 0.25) is 0 Å². The van der Waals surface area contributed by atoms with Gasteiger partial charge in [-0.1, -0.05) is 0 Å². The van der Waals surface area contributed by atoms with Gasteiger partial charge >= 0.3 is 0 Å². The summed E-state index contributed by atoms with van der Waals surface area (Å²) in [5.41, 5.74) is 3.03. The Morgan fingerprint density at radius 3 is 2.64 bits per heavy atom. The molecular weight excluding hydrogens is 282 g/mol. The van der Waals surface area contributed by atoms with E-state index < -0.39 is 0 Å².